The fourth-order valence-electron chi connectivity index (χ4n) is 6.71. The van der Waals surface area contributed by atoms with E-state index in [1.807, 2.05) is 0 Å². The number of hydrogen-bond donors (Lipinski definition) is 0. The molecular formula is C34H31ClF8N2O5S. The van der Waals surface area contributed by atoms with E-state index in [9.17, 15) is 53.1 Å². The number of sulfone groups is 1. The van der Waals surface area contributed by atoms with Gasteiger partial charge in [0.15, 0.2) is 9.84 Å². The lowest BCUT2D eigenvalue weighted by Crippen LogP contribution is -2.56. The van der Waals surface area contributed by atoms with Crippen LogP contribution in [0.2, 0.25) is 5.02 Å². The van der Waals surface area contributed by atoms with E-state index in [0.717, 1.165) is 54.6 Å². The van der Waals surface area contributed by atoms with Gasteiger partial charge in [-0.25, -0.2) is 17.2 Å². The smallest absolute Gasteiger partial charge is 0.349 e. The number of hydrogen-bond acceptors (Lipinski definition) is 5. The number of halogens is 9. The van der Waals surface area contributed by atoms with Crippen LogP contribution in [0.15, 0.2) is 71.6 Å². The van der Waals surface area contributed by atoms with Gasteiger partial charge in [0, 0.05) is 55.2 Å². The summed E-state index contributed by atoms with van der Waals surface area (Å²) in [6, 6.07) is 9.11. The maximum Gasteiger partial charge on any atom is 0.430 e. The maximum absolute atomic E-state index is 14.6. The van der Waals surface area contributed by atoms with Gasteiger partial charge < -0.3 is 14.5 Å². The highest BCUT2D eigenvalue weighted by molar-refractivity contribution is 7.92. The van der Waals surface area contributed by atoms with Crippen LogP contribution in [0.1, 0.15) is 42.9 Å². The predicted molar refractivity (Wildman–Crippen MR) is 168 cm³/mol. The van der Waals surface area contributed by atoms with Crippen molar-refractivity contribution in [2.75, 3.05) is 26.2 Å². The van der Waals surface area contributed by atoms with Crippen molar-refractivity contribution in [2.24, 2.45) is 5.92 Å². The lowest BCUT2D eigenvalue weighted by Gasteiger charge is -2.38. The second kappa shape index (κ2) is 14.0. The van der Waals surface area contributed by atoms with Crippen molar-refractivity contribution >= 4 is 33.3 Å². The van der Waals surface area contributed by atoms with Crippen molar-refractivity contribution in [1.29, 1.82) is 0 Å². The van der Waals surface area contributed by atoms with Crippen LogP contribution in [0.3, 0.4) is 0 Å². The van der Waals surface area contributed by atoms with Crippen molar-refractivity contribution in [1.82, 2.24) is 9.80 Å². The molecule has 1 atom stereocenters. The Hall–Kier alpha value is -3.76. The van der Waals surface area contributed by atoms with E-state index in [4.69, 9.17) is 11.6 Å². The quantitative estimate of drug-likeness (QED) is 0.177. The third kappa shape index (κ3) is 6.93. The monoisotopic (exact) mass is 766 g/mol. The summed E-state index contributed by atoms with van der Waals surface area (Å²) in [6.45, 7) is -0.186. The molecule has 1 unspecified atom stereocenters. The number of carbonyl (C=O) groups is 2. The molecule has 2 amide bonds. The summed E-state index contributed by atoms with van der Waals surface area (Å²) < 4.78 is 147. The summed E-state index contributed by atoms with van der Waals surface area (Å²) >= 11 is 5.84. The molecule has 0 spiro atoms. The summed E-state index contributed by atoms with van der Waals surface area (Å²) in [6.07, 6.45) is -12.0. The van der Waals surface area contributed by atoms with E-state index in [1.165, 1.54) is 11.8 Å². The lowest BCUT2D eigenvalue weighted by molar-refractivity contribution is -0.392. The normalized spacial score (nSPS) is 19.4. The third-order valence-corrected chi connectivity index (χ3v) is 12.4. The van der Waals surface area contributed by atoms with Gasteiger partial charge >= 0.3 is 12.4 Å². The van der Waals surface area contributed by atoms with Gasteiger partial charge in [0.2, 0.25) is 11.8 Å². The third-order valence-electron chi connectivity index (χ3n) is 9.58. The molecule has 0 saturated carbocycles. The van der Waals surface area contributed by atoms with Gasteiger partial charge in [0.1, 0.15) is 16.4 Å². The van der Waals surface area contributed by atoms with Crippen LogP contribution in [0.4, 0.5) is 35.1 Å². The molecule has 2 fully saturated rings. The Morgan fingerprint density at radius 1 is 0.863 bits per heavy atom. The van der Waals surface area contributed by atoms with Crippen LogP contribution in [0, 0.1) is 17.6 Å². The van der Waals surface area contributed by atoms with Gasteiger partial charge in [-0.05, 0) is 61.2 Å². The number of alkyl halides is 6. The lowest BCUT2D eigenvalue weighted by atomic mass is 9.88. The van der Waals surface area contributed by atoms with E-state index in [1.54, 1.807) is 4.90 Å². The minimum atomic E-state index is -6.16. The number of carbonyl (C=O) groups excluding carboxylic acids is 2. The Morgan fingerprint density at radius 2 is 1.45 bits per heavy atom. The van der Waals surface area contributed by atoms with Gasteiger partial charge in [-0.1, -0.05) is 41.9 Å². The predicted octanol–water partition coefficient (Wildman–Crippen LogP) is 7.31. The molecular weight excluding hydrogens is 736 g/mol. The molecule has 7 nitrogen and oxygen atoms in total. The fraction of sp³-hybridized carbons (Fsp3) is 0.412. The van der Waals surface area contributed by atoms with Crippen LogP contribution in [0.5, 0.6) is 0 Å². The maximum atomic E-state index is 14.6. The van der Waals surface area contributed by atoms with Crippen molar-refractivity contribution < 1.29 is 57.9 Å². The number of piperidine rings is 1. The summed E-state index contributed by atoms with van der Waals surface area (Å²) in [7, 11) is -4.59. The molecule has 3 aromatic rings. The molecule has 0 bridgehead atoms. The first-order valence-electron chi connectivity index (χ1n) is 15.6. The van der Waals surface area contributed by atoms with E-state index in [2.05, 4.69) is 4.74 Å². The number of amides is 2. The fourth-order valence-corrected chi connectivity index (χ4v) is 9.01. The largest absolute Gasteiger partial charge is 0.430 e. The van der Waals surface area contributed by atoms with Crippen LogP contribution in [-0.2, 0) is 41.1 Å². The Balaban J connectivity index is 1.56. The number of ether oxygens (including phenoxy) is 1. The SMILES string of the molecule is CC(=O)N1CCC(C(=O)N2CCC(c3ccc(C(OCc4c(F)cccc4Cl)(C(F)(F)F)C(F)(F)F)cc3)(S(=O)(=O)c3ccc(F)cc3)C2)CC1. The number of rotatable bonds is 8. The van der Waals surface area contributed by atoms with Crippen LogP contribution < -0.4 is 0 Å². The zero-order valence-corrected chi connectivity index (χ0v) is 28.4. The van der Waals surface area contributed by atoms with Crippen LogP contribution in [0.25, 0.3) is 0 Å². The molecule has 17 heteroatoms. The molecule has 51 heavy (non-hydrogen) atoms. The molecule has 0 N–H and O–H groups in total. The molecule has 276 valence electrons. The zero-order chi connectivity index (χ0) is 37.6. The molecule has 2 aliphatic heterocycles. The van der Waals surface area contributed by atoms with E-state index < -0.39 is 85.3 Å². The van der Waals surface area contributed by atoms with Gasteiger partial charge in [0.05, 0.1) is 11.5 Å². The highest BCUT2D eigenvalue weighted by Gasteiger charge is 2.73. The zero-order valence-electron chi connectivity index (χ0n) is 26.8. The van der Waals surface area contributed by atoms with Crippen molar-refractivity contribution in [2.45, 2.75) is 60.4 Å². The first kappa shape index (κ1) is 38.5. The van der Waals surface area contributed by atoms with Crippen LogP contribution in [-0.4, -0.2) is 68.6 Å². The summed E-state index contributed by atoms with van der Waals surface area (Å²) in [4.78, 5) is 27.8. The van der Waals surface area contributed by atoms with Gasteiger partial charge in [-0.2, -0.15) is 26.3 Å². The average molecular weight is 767 g/mol. The molecule has 2 heterocycles. The second-order valence-corrected chi connectivity index (χ2v) is 15.2. The molecule has 3 aromatic carbocycles. The number of nitrogens with zero attached hydrogens (tertiary/aromatic N) is 2. The van der Waals surface area contributed by atoms with E-state index in [0.29, 0.717) is 38.1 Å². The number of likely N-dealkylation sites (tertiary alicyclic amines) is 2. The van der Waals surface area contributed by atoms with Crippen molar-refractivity contribution in [3.63, 3.8) is 0 Å². The molecule has 0 aromatic heterocycles. The first-order chi connectivity index (χ1) is 23.7. The highest BCUT2D eigenvalue weighted by atomic mass is 35.5. The summed E-state index contributed by atoms with van der Waals surface area (Å²) in [5.74, 6) is -3.11. The average Bonchev–Trinajstić information content (AvgIpc) is 3.53. The standard InChI is InChI=1S/C34H31ClF8N2O5S/c1-21(46)44-16-13-22(14-17-44)30(47)45-18-15-31(20-45,51(48,49)26-11-9-25(36)10-12-26)23-5-7-24(8-6-23)32(33(38,39)40,34(41,42)43)50-19-27-28(35)3-2-4-29(27)37/h2-12,22H,13-20H2,1H3. The van der Waals surface area contributed by atoms with Gasteiger partial charge in [-0.3, -0.25) is 9.59 Å². The number of benzene rings is 3. The van der Waals surface area contributed by atoms with Crippen LogP contribution >= 0.6 is 11.6 Å². The Labute approximate surface area is 293 Å². The van der Waals surface area contributed by atoms with Crippen molar-refractivity contribution in [3.05, 3.63) is 100 Å². The minimum absolute atomic E-state index is 0.129. The Morgan fingerprint density at radius 3 is 1.98 bits per heavy atom. The van der Waals surface area contributed by atoms with E-state index >= 15 is 0 Å². The molecule has 5 rings (SSSR count). The Bertz CT molecular complexity index is 1850. The highest BCUT2D eigenvalue weighted by Crippen LogP contribution is 2.54. The van der Waals surface area contributed by atoms with Crippen molar-refractivity contribution in [3.8, 4) is 0 Å². The molecule has 2 saturated heterocycles. The molecule has 0 aliphatic carbocycles. The summed E-state index contributed by atoms with van der Waals surface area (Å²) in [5, 5.41) is -0.471. The second-order valence-electron chi connectivity index (χ2n) is 12.5. The topological polar surface area (TPSA) is 84.0 Å². The first-order valence-corrected chi connectivity index (χ1v) is 17.5. The van der Waals surface area contributed by atoms with Gasteiger partial charge in [0.25, 0.3) is 5.60 Å². The molecule has 0 radical (unpaired) electrons. The molecule has 2 aliphatic rings. The minimum Gasteiger partial charge on any atom is -0.349 e. The van der Waals surface area contributed by atoms with E-state index in [-0.39, 0.29) is 29.3 Å². The Kier molecular flexibility index (Phi) is 10.6. The van der Waals surface area contributed by atoms with Gasteiger partial charge in [-0.15, -0.1) is 0 Å². The summed E-state index contributed by atoms with van der Waals surface area (Å²) in [5.41, 5.74) is -7.45.